The van der Waals surface area contributed by atoms with Crippen LogP contribution < -0.4 is 10.6 Å². The molecule has 10 nitrogen and oxygen atoms in total. The fourth-order valence-corrected chi connectivity index (χ4v) is 3.21. The van der Waals surface area contributed by atoms with E-state index in [0.717, 1.165) is 0 Å². The first-order chi connectivity index (χ1) is 15.4. The van der Waals surface area contributed by atoms with Gasteiger partial charge in [0.2, 0.25) is 5.78 Å². The second-order valence-corrected chi connectivity index (χ2v) is 7.48. The number of fused-ring (bicyclic) bond motifs is 1. The largest absolute Gasteiger partial charge is 0.447 e. The number of nitrogens with one attached hydrogen (secondary N) is 2. The molecule has 1 fully saturated rings. The van der Waals surface area contributed by atoms with Crippen LogP contribution in [0.15, 0.2) is 36.8 Å². The van der Waals surface area contributed by atoms with Crippen LogP contribution in [0.3, 0.4) is 0 Å². The number of anilines is 2. The SMILES string of the molecule is CC(C)OC(=O)Nc1cnc2nc(-c3cc(NC(=O)N4CCOCC4)ccc3F)cn2c1. The Labute approximate surface area is 183 Å². The third-order valence-electron chi connectivity index (χ3n) is 4.69. The first-order valence-corrected chi connectivity index (χ1v) is 10.1. The number of ether oxygens (including phenoxy) is 2. The zero-order chi connectivity index (χ0) is 22.7. The highest BCUT2D eigenvalue weighted by atomic mass is 19.1. The van der Waals surface area contributed by atoms with Gasteiger partial charge < -0.3 is 19.7 Å². The molecule has 3 amide bonds. The van der Waals surface area contributed by atoms with E-state index in [9.17, 15) is 14.0 Å². The molecular formula is C21H23FN6O4. The minimum absolute atomic E-state index is 0.212. The van der Waals surface area contributed by atoms with Crippen molar-refractivity contribution in [3.63, 3.8) is 0 Å². The van der Waals surface area contributed by atoms with Crippen molar-refractivity contribution in [3.05, 3.63) is 42.6 Å². The van der Waals surface area contributed by atoms with E-state index in [1.54, 1.807) is 35.5 Å². The molecular weight excluding hydrogens is 419 g/mol. The summed E-state index contributed by atoms with van der Waals surface area (Å²) in [6, 6.07) is 4.02. The molecule has 0 unspecified atom stereocenters. The summed E-state index contributed by atoms with van der Waals surface area (Å²) in [5.74, 6) is -0.165. The normalized spacial score (nSPS) is 13.9. The minimum atomic E-state index is -0.601. The van der Waals surface area contributed by atoms with Crippen molar-refractivity contribution < 1.29 is 23.5 Å². The lowest BCUT2D eigenvalue weighted by molar-refractivity contribution is 0.0564. The number of morpholine rings is 1. The Morgan fingerprint density at radius 1 is 1.16 bits per heavy atom. The fourth-order valence-electron chi connectivity index (χ4n) is 3.21. The van der Waals surface area contributed by atoms with Crippen LogP contribution in [-0.4, -0.2) is 63.8 Å². The van der Waals surface area contributed by atoms with Gasteiger partial charge in [-0.05, 0) is 32.0 Å². The molecule has 4 rings (SSSR count). The summed E-state index contributed by atoms with van der Waals surface area (Å²) in [6.45, 7) is 5.47. The number of carbonyl (C=O) groups is 2. The van der Waals surface area contributed by atoms with Crippen LogP contribution in [0.1, 0.15) is 13.8 Å². The number of hydrogen-bond donors (Lipinski definition) is 2. The number of amides is 3. The maximum absolute atomic E-state index is 14.6. The summed E-state index contributed by atoms with van der Waals surface area (Å²) in [7, 11) is 0. The highest BCUT2D eigenvalue weighted by molar-refractivity contribution is 5.90. The average Bonchev–Trinajstić information content (AvgIpc) is 3.18. The van der Waals surface area contributed by atoms with Crippen molar-refractivity contribution in [2.75, 3.05) is 36.9 Å². The highest BCUT2D eigenvalue weighted by Gasteiger charge is 2.18. The molecule has 3 heterocycles. The van der Waals surface area contributed by atoms with Crippen LogP contribution in [0.2, 0.25) is 0 Å². The van der Waals surface area contributed by atoms with Gasteiger partial charge in [0, 0.05) is 36.7 Å². The summed E-state index contributed by atoms with van der Waals surface area (Å²) in [5, 5.41) is 5.36. The molecule has 32 heavy (non-hydrogen) atoms. The van der Waals surface area contributed by atoms with Gasteiger partial charge in [0.1, 0.15) is 5.82 Å². The van der Waals surface area contributed by atoms with E-state index in [2.05, 4.69) is 20.6 Å². The van der Waals surface area contributed by atoms with E-state index in [1.165, 1.54) is 24.4 Å². The second kappa shape index (κ2) is 9.18. The van der Waals surface area contributed by atoms with E-state index in [-0.39, 0.29) is 17.7 Å². The zero-order valence-corrected chi connectivity index (χ0v) is 17.7. The average molecular weight is 442 g/mol. The van der Waals surface area contributed by atoms with Gasteiger partial charge in [-0.1, -0.05) is 0 Å². The number of halogens is 1. The molecule has 0 radical (unpaired) electrons. The van der Waals surface area contributed by atoms with Gasteiger partial charge in [-0.3, -0.25) is 9.72 Å². The minimum Gasteiger partial charge on any atom is -0.447 e. The predicted molar refractivity (Wildman–Crippen MR) is 115 cm³/mol. The molecule has 11 heteroatoms. The van der Waals surface area contributed by atoms with Gasteiger partial charge in [0.05, 0.1) is 36.9 Å². The molecule has 2 aromatic heterocycles. The molecule has 1 aromatic carbocycles. The second-order valence-electron chi connectivity index (χ2n) is 7.48. The highest BCUT2D eigenvalue weighted by Crippen LogP contribution is 2.26. The lowest BCUT2D eigenvalue weighted by Crippen LogP contribution is -2.43. The van der Waals surface area contributed by atoms with E-state index in [1.807, 2.05) is 0 Å². The first-order valence-electron chi connectivity index (χ1n) is 10.1. The van der Waals surface area contributed by atoms with Crippen molar-refractivity contribution in [1.82, 2.24) is 19.3 Å². The number of aromatic nitrogens is 3. The van der Waals surface area contributed by atoms with Crippen LogP contribution in [0.25, 0.3) is 17.0 Å². The molecule has 3 aromatic rings. The number of hydrogen-bond acceptors (Lipinski definition) is 6. The van der Waals surface area contributed by atoms with Crippen LogP contribution in [0, 0.1) is 5.82 Å². The Kier molecular flexibility index (Phi) is 6.17. The van der Waals surface area contributed by atoms with Gasteiger partial charge >= 0.3 is 12.1 Å². The third kappa shape index (κ3) is 4.94. The third-order valence-corrected chi connectivity index (χ3v) is 4.69. The number of urea groups is 1. The molecule has 1 saturated heterocycles. The van der Waals surface area contributed by atoms with Crippen molar-refractivity contribution >= 4 is 29.3 Å². The maximum Gasteiger partial charge on any atom is 0.411 e. The van der Waals surface area contributed by atoms with Crippen molar-refractivity contribution in [3.8, 4) is 11.3 Å². The summed E-state index contributed by atoms with van der Waals surface area (Å²) in [6.07, 6.45) is 3.76. The lowest BCUT2D eigenvalue weighted by Gasteiger charge is -2.27. The smallest absolute Gasteiger partial charge is 0.411 e. The van der Waals surface area contributed by atoms with Crippen molar-refractivity contribution in [2.45, 2.75) is 20.0 Å². The zero-order valence-electron chi connectivity index (χ0n) is 17.7. The number of benzene rings is 1. The molecule has 1 aliphatic heterocycles. The summed E-state index contributed by atoms with van der Waals surface area (Å²) < 4.78 is 26.4. The predicted octanol–water partition coefficient (Wildman–Crippen LogP) is 3.36. The molecule has 1 aliphatic rings. The standard InChI is InChI=1S/C21H23FN6O4/c1-13(2)32-21(30)25-15-10-23-19-26-18(12-28(19)11-15)16-9-14(3-4-17(16)22)24-20(29)27-5-7-31-8-6-27/h3-4,9-13H,5-8H2,1-2H3,(H,24,29)(H,25,30). The molecule has 0 atom stereocenters. The van der Waals surface area contributed by atoms with E-state index < -0.39 is 11.9 Å². The van der Waals surface area contributed by atoms with Gasteiger partial charge in [0.15, 0.2) is 0 Å². The molecule has 0 saturated carbocycles. The number of rotatable bonds is 4. The van der Waals surface area contributed by atoms with Crippen LogP contribution in [-0.2, 0) is 9.47 Å². The Bertz CT molecular complexity index is 1140. The molecule has 0 spiro atoms. The van der Waals surface area contributed by atoms with Crippen LogP contribution >= 0.6 is 0 Å². The number of nitrogens with zero attached hydrogens (tertiary/aromatic N) is 4. The van der Waals surface area contributed by atoms with Gasteiger partial charge in [0.25, 0.3) is 0 Å². The Morgan fingerprint density at radius 3 is 2.69 bits per heavy atom. The number of carbonyl (C=O) groups excluding carboxylic acids is 2. The summed E-state index contributed by atoms with van der Waals surface area (Å²) in [4.78, 5) is 34.4. The van der Waals surface area contributed by atoms with E-state index in [4.69, 9.17) is 9.47 Å². The van der Waals surface area contributed by atoms with Crippen molar-refractivity contribution in [1.29, 1.82) is 0 Å². The summed E-state index contributed by atoms with van der Waals surface area (Å²) in [5.41, 5.74) is 1.39. The first kappa shape index (κ1) is 21.5. The molecule has 0 aliphatic carbocycles. The Morgan fingerprint density at radius 2 is 1.94 bits per heavy atom. The Balaban J connectivity index is 1.54. The number of imidazole rings is 1. The van der Waals surface area contributed by atoms with Gasteiger partial charge in [-0.15, -0.1) is 0 Å². The molecule has 2 N–H and O–H groups in total. The summed E-state index contributed by atoms with van der Waals surface area (Å²) >= 11 is 0. The van der Waals surface area contributed by atoms with Crippen molar-refractivity contribution in [2.24, 2.45) is 0 Å². The van der Waals surface area contributed by atoms with Gasteiger partial charge in [-0.25, -0.2) is 23.9 Å². The quantitative estimate of drug-likeness (QED) is 0.641. The Hall–Kier alpha value is -3.73. The molecule has 0 bridgehead atoms. The fraction of sp³-hybridized carbons (Fsp3) is 0.333. The maximum atomic E-state index is 14.6. The lowest BCUT2D eigenvalue weighted by atomic mass is 10.1. The monoisotopic (exact) mass is 442 g/mol. The molecule has 168 valence electrons. The van der Waals surface area contributed by atoms with E-state index >= 15 is 0 Å². The van der Waals surface area contributed by atoms with E-state index in [0.29, 0.717) is 49.1 Å². The van der Waals surface area contributed by atoms with Crippen LogP contribution in [0.4, 0.5) is 25.4 Å². The van der Waals surface area contributed by atoms with Gasteiger partial charge in [-0.2, -0.15) is 0 Å². The van der Waals surface area contributed by atoms with Crippen LogP contribution in [0.5, 0.6) is 0 Å². The topological polar surface area (TPSA) is 110 Å².